The molecule has 8 heteroatoms. The number of nitrogens with zero attached hydrogens (tertiary/aromatic N) is 3. The number of thiophene rings is 1. The second-order valence-electron chi connectivity index (χ2n) is 4.07. The maximum Gasteiger partial charge on any atom is 0.451 e. The molecule has 3 rings (SSSR count). The van der Waals surface area contributed by atoms with Crippen LogP contribution in [-0.2, 0) is 6.18 Å². The Hall–Kier alpha value is -2.35. The first-order valence-electron chi connectivity index (χ1n) is 5.75. The third kappa shape index (κ3) is 2.49. The first-order valence-corrected chi connectivity index (χ1v) is 6.63. The first kappa shape index (κ1) is 13.6. The number of alkyl halides is 3. The van der Waals surface area contributed by atoms with E-state index in [0.717, 1.165) is 11.3 Å². The smallest absolute Gasteiger partial charge is 0.285 e. The number of rotatable bonds is 2. The molecule has 0 aromatic carbocycles. The fraction of sp³-hybridized carbons (Fsp3) is 0.0769. The Morgan fingerprint density at radius 1 is 1.14 bits per heavy atom. The lowest BCUT2D eigenvalue weighted by Gasteiger charge is -2.07. The van der Waals surface area contributed by atoms with Gasteiger partial charge in [-0.2, -0.15) is 13.2 Å². The minimum absolute atomic E-state index is 0.0408. The summed E-state index contributed by atoms with van der Waals surface area (Å²) in [7, 11) is 0. The molecule has 0 N–H and O–H groups in total. The highest BCUT2D eigenvalue weighted by molar-refractivity contribution is 7.17. The zero-order valence-corrected chi connectivity index (χ0v) is 11.1. The SMILES string of the molecule is O=C(c1ccccn1)c1nc(C(F)(F)F)nc2ccsc12. The van der Waals surface area contributed by atoms with Crippen LogP contribution in [0.3, 0.4) is 0 Å². The van der Waals surface area contributed by atoms with Crippen LogP contribution in [0.4, 0.5) is 13.2 Å². The molecule has 0 radical (unpaired) electrons. The van der Waals surface area contributed by atoms with E-state index in [2.05, 4.69) is 15.0 Å². The molecule has 4 nitrogen and oxygen atoms in total. The second-order valence-corrected chi connectivity index (χ2v) is 4.99. The predicted molar refractivity (Wildman–Crippen MR) is 70.1 cm³/mol. The molecule has 0 aliphatic heterocycles. The minimum Gasteiger partial charge on any atom is -0.285 e. The molecule has 0 saturated heterocycles. The van der Waals surface area contributed by atoms with Crippen molar-refractivity contribution in [2.45, 2.75) is 6.18 Å². The maximum absolute atomic E-state index is 12.8. The number of hydrogen-bond donors (Lipinski definition) is 0. The van der Waals surface area contributed by atoms with Crippen LogP contribution >= 0.6 is 11.3 Å². The van der Waals surface area contributed by atoms with Crippen molar-refractivity contribution in [3.8, 4) is 0 Å². The summed E-state index contributed by atoms with van der Waals surface area (Å²) in [6, 6.07) is 6.04. The largest absolute Gasteiger partial charge is 0.451 e. The number of halogens is 3. The second kappa shape index (κ2) is 4.88. The summed E-state index contributed by atoms with van der Waals surface area (Å²) < 4.78 is 38.8. The van der Waals surface area contributed by atoms with Crippen molar-refractivity contribution in [3.63, 3.8) is 0 Å². The van der Waals surface area contributed by atoms with Crippen molar-refractivity contribution >= 4 is 27.3 Å². The third-order valence-electron chi connectivity index (χ3n) is 2.67. The fourth-order valence-corrected chi connectivity index (χ4v) is 2.58. The lowest BCUT2D eigenvalue weighted by atomic mass is 10.2. The molecule has 0 fully saturated rings. The Morgan fingerprint density at radius 2 is 1.95 bits per heavy atom. The van der Waals surface area contributed by atoms with E-state index >= 15 is 0 Å². The predicted octanol–water partition coefficient (Wildman–Crippen LogP) is 3.34. The third-order valence-corrected chi connectivity index (χ3v) is 3.58. The Bertz CT molecular complexity index is 814. The van der Waals surface area contributed by atoms with Crippen LogP contribution in [0.15, 0.2) is 35.8 Å². The monoisotopic (exact) mass is 309 g/mol. The van der Waals surface area contributed by atoms with Crippen molar-refractivity contribution in [2.75, 3.05) is 0 Å². The maximum atomic E-state index is 12.8. The summed E-state index contributed by atoms with van der Waals surface area (Å²) in [4.78, 5) is 23.0. The molecule has 0 amide bonds. The van der Waals surface area contributed by atoms with E-state index in [1.807, 2.05) is 0 Å². The molecule has 3 aromatic rings. The molecule has 0 bridgehead atoms. The van der Waals surface area contributed by atoms with Gasteiger partial charge in [-0.15, -0.1) is 11.3 Å². The minimum atomic E-state index is -4.71. The topological polar surface area (TPSA) is 55.7 Å². The zero-order valence-electron chi connectivity index (χ0n) is 10.3. The van der Waals surface area contributed by atoms with Crippen molar-refractivity contribution < 1.29 is 18.0 Å². The van der Waals surface area contributed by atoms with Gasteiger partial charge in [0.2, 0.25) is 11.6 Å². The summed E-state index contributed by atoms with van der Waals surface area (Å²) in [5.74, 6) is -1.98. The highest BCUT2D eigenvalue weighted by atomic mass is 32.1. The molecule has 0 atom stereocenters. The van der Waals surface area contributed by atoms with Crippen molar-refractivity contribution in [2.24, 2.45) is 0 Å². The average molecular weight is 309 g/mol. The van der Waals surface area contributed by atoms with Gasteiger partial charge in [0.25, 0.3) is 0 Å². The van der Waals surface area contributed by atoms with Gasteiger partial charge in [-0.1, -0.05) is 6.07 Å². The van der Waals surface area contributed by atoms with Crippen LogP contribution in [0.1, 0.15) is 22.0 Å². The highest BCUT2D eigenvalue weighted by Crippen LogP contribution is 2.31. The molecule has 0 aliphatic carbocycles. The standard InChI is InChI=1S/C13H6F3N3OS/c14-13(15,16)12-18-8-4-6-21-11(8)9(19-12)10(20)7-3-1-2-5-17-7/h1-6H. The van der Waals surface area contributed by atoms with E-state index in [0.29, 0.717) is 4.70 Å². The van der Waals surface area contributed by atoms with Gasteiger partial charge in [0, 0.05) is 6.20 Å². The molecule has 0 aliphatic rings. The van der Waals surface area contributed by atoms with E-state index in [9.17, 15) is 18.0 Å². The first-order chi connectivity index (χ1) is 9.97. The number of aromatic nitrogens is 3. The van der Waals surface area contributed by atoms with Gasteiger partial charge in [-0.05, 0) is 23.6 Å². The molecule has 106 valence electrons. The van der Waals surface area contributed by atoms with Gasteiger partial charge < -0.3 is 0 Å². The van der Waals surface area contributed by atoms with Gasteiger partial charge in [0.15, 0.2) is 0 Å². The van der Waals surface area contributed by atoms with Crippen LogP contribution < -0.4 is 0 Å². The highest BCUT2D eigenvalue weighted by Gasteiger charge is 2.36. The lowest BCUT2D eigenvalue weighted by Crippen LogP contribution is -2.15. The Morgan fingerprint density at radius 3 is 2.62 bits per heavy atom. The number of carbonyl (C=O) groups is 1. The Kier molecular flexibility index (Phi) is 3.17. The van der Waals surface area contributed by atoms with Crippen LogP contribution in [-0.4, -0.2) is 20.7 Å². The Balaban J connectivity index is 2.21. The summed E-state index contributed by atoms with van der Waals surface area (Å²) >= 11 is 1.12. The van der Waals surface area contributed by atoms with E-state index in [-0.39, 0.29) is 16.9 Å². The molecule has 3 heterocycles. The number of carbonyl (C=O) groups excluding carboxylic acids is 1. The van der Waals surface area contributed by atoms with Crippen LogP contribution in [0.5, 0.6) is 0 Å². The van der Waals surface area contributed by atoms with Crippen LogP contribution in [0.2, 0.25) is 0 Å². The number of pyridine rings is 1. The number of hydrogen-bond acceptors (Lipinski definition) is 5. The fourth-order valence-electron chi connectivity index (χ4n) is 1.76. The molecule has 0 saturated carbocycles. The van der Waals surface area contributed by atoms with Gasteiger partial charge in [0.05, 0.1) is 10.2 Å². The van der Waals surface area contributed by atoms with Crippen LogP contribution in [0.25, 0.3) is 10.2 Å². The molecule has 3 aromatic heterocycles. The van der Waals surface area contributed by atoms with Crippen molar-refractivity contribution in [1.29, 1.82) is 0 Å². The van der Waals surface area contributed by atoms with E-state index in [1.165, 1.54) is 18.3 Å². The van der Waals surface area contributed by atoms with Gasteiger partial charge in [-0.25, -0.2) is 9.97 Å². The number of ketones is 1. The summed E-state index contributed by atoms with van der Waals surface area (Å²) in [5, 5.41) is 1.56. The molecular weight excluding hydrogens is 303 g/mol. The summed E-state index contributed by atoms with van der Waals surface area (Å²) in [6.45, 7) is 0. The average Bonchev–Trinajstić information content (AvgIpc) is 2.94. The van der Waals surface area contributed by atoms with Crippen LogP contribution in [0, 0.1) is 0 Å². The van der Waals surface area contributed by atoms with E-state index < -0.39 is 17.8 Å². The van der Waals surface area contributed by atoms with E-state index in [1.54, 1.807) is 17.5 Å². The normalized spacial score (nSPS) is 11.8. The molecular formula is C13H6F3N3OS. The van der Waals surface area contributed by atoms with Crippen molar-refractivity contribution in [1.82, 2.24) is 15.0 Å². The number of fused-ring (bicyclic) bond motifs is 1. The van der Waals surface area contributed by atoms with E-state index in [4.69, 9.17) is 0 Å². The van der Waals surface area contributed by atoms with Crippen molar-refractivity contribution in [3.05, 3.63) is 53.1 Å². The summed E-state index contributed by atoms with van der Waals surface area (Å²) in [6.07, 6.45) is -3.32. The summed E-state index contributed by atoms with van der Waals surface area (Å²) in [5.41, 5.74) is -0.137. The van der Waals surface area contributed by atoms with Gasteiger partial charge in [-0.3, -0.25) is 9.78 Å². The molecule has 0 unspecified atom stereocenters. The molecule has 21 heavy (non-hydrogen) atoms. The Labute approximate surface area is 120 Å². The quantitative estimate of drug-likeness (QED) is 0.681. The molecule has 0 spiro atoms. The van der Waals surface area contributed by atoms with Gasteiger partial charge >= 0.3 is 6.18 Å². The lowest BCUT2D eigenvalue weighted by molar-refractivity contribution is -0.144. The van der Waals surface area contributed by atoms with Gasteiger partial charge in [0.1, 0.15) is 11.4 Å². The zero-order chi connectivity index (χ0) is 15.0.